The molecule has 2 aliphatic rings. The number of ether oxygens (including phenoxy) is 2. The predicted molar refractivity (Wildman–Crippen MR) is 95.3 cm³/mol. The van der Waals surface area contributed by atoms with Crippen LogP contribution in [0.5, 0.6) is 0 Å². The molecular formula is C21H19F2NO4. The highest BCUT2D eigenvalue weighted by atomic mass is 19.1. The van der Waals surface area contributed by atoms with E-state index in [1.165, 1.54) is 6.07 Å². The smallest absolute Gasteiger partial charge is 0.416 e. The quantitative estimate of drug-likeness (QED) is 0.738. The number of rotatable bonds is 5. The van der Waals surface area contributed by atoms with E-state index in [9.17, 15) is 18.4 Å². The first-order valence-electron chi connectivity index (χ1n) is 9.05. The van der Waals surface area contributed by atoms with Crippen LogP contribution in [-0.4, -0.2) is 36.2 Å². The van der Waals surface area contributed by atoms with Crippen LogP contribution in [0.15, 0.2) is 48.5 Å². The first-order valence-corrected chi connectivity index (χ1v) is 9.05. The van der Waals surface area contributed by atoms with E-state index >= 15 is 0 Å². The zero-order valence-electron chi connectivity index (χ0n) is 15.2. The van der Waals surface area contributed by atoms with Crippen molar-refractivity contribution in [2.75, 3.05) is 13.2 Å². The van der Waals surface area contributed by atoms with Gasteiger partial charge in [-0.2, -0.15) is 0 Å². The molecule has 0 unspecified atom stereocenters. The lowest BCUT2D eigenvalue weighted by Gasteiger charge is -2.26. The summed E-state index contributed by atoms with van der Waals surface area (Å²) in [6.07, 6.45) is -0.253. The second kappa shape index (κ2) is 6.98. The molecule has 2 aromatic carbocycles. The maximum absolute atomic E-state index is 14.3. The van der Waals surface area contributed by atoms with E-state index in [2.05, 4.69) is 0 Å². The van der Waals surface area contributed by atoms with E-state index in [0.717, 1.165) is 22.6 Å². The van der Waals surface area contributed by atoms with Crippen LogP contribution in [0.3, 0.4) is 0 Å². The Bertz CT molecular complexity index is 914. The van der Waals surface area contributed by atoms with Gasteiger partial charge in [-0.1, -0.05) is 43.3 Å². The van der Waals surface area contributed by atoms with E-state index in [1.54, 1.807) is 6.92 Å². The van der Waals surface area contributed by atoms with Crippen molar-refractivity contribution in [1.82, 2.24) is 4.90 Å². The van der Waals surface area contributed by atoms with E-state index in [4.69, 9.17) is 9.47 Å². The summed E-state index contributed by atoms with van der Waals surface area (Å²) in [7, 11) is 0. The highest BCUT2D eigenvalue weighted by Crippen LogP contribution is 2.47. The van der Waals surface area contributed by atoms with Gasteiger partial charge in [0.1, 0.15) is 23.8 Å². The molecule has 0 saturated carbocycles. The molecule has 2 amide bonds. The summed E-state index contributed by atoms with van der Waals surface area (Å²) in [6, 6.07) is 12.2. The molecule has 3 atom stereocenters. The van der Waals surface area contributed by atoms with Gasteiger partial charge in [0.2, 0.25) is 5.91 Å². The third kappa shape index (κ3) is 3.16. The predicted octanol–water partition coefficient (Wildman–Crippen LogP) is 3.42. The van der Waals surface area contributed by atoms with Gasteiger partial charge < -0.3 is 9.47 Å². The summed E-state index contributed by atoms with van der Waals surface area (Å²) in [5.41, 5.74) is -0.116. The minimum Gasteiger partial charge on any atom is -0.447 e. The number of nitrogens with zero attached hydrogens (tertiary/aromatic N) is 1. The maximum atomic E-state index is 14.3. The Morgan fingerprint density at radius 3 is 2.61 bits per heavy atom. The highest BCUT2D eigenvalue weighted by Gasteiger charge is 2.57. The molecular weight excluding hydrogens is 368 g/mol. The molecule has 0 aliphatic carbocycles. The summed E-state index contributed by atoms with van der Waals surface area (Å²) in [5, 5.41) is 0. The van der Waals surface area contributed by atoms with Crippen LogP contribution in [0.4, 0.5) is 13.6 Å². The molecule has 0 N–H and O–H groups in total. The van der Waals surface area contributed by atoms with Gasteiger partial charge in [-0.15, -0.1) is 0 Å². The standard InChI is InChI=1S/C21H19F2NO4/c1-13(21(12-28-21)17-8-7-15(22)10-18(17)23)19(25)24-16(11-27-20(24)26)9-14-5-3-2-4-6-14/h2-8,10,13,16H,9,11-12H2,1H3/t13-,16-,21-/m0/s1. The monoisotopic (exact) mass is 387 g/mol. The van der Waals surface area contributed by atoms with Crippen LogP contribution in [0, 0.1) is 17.6 Å². The van der Waals surface area contributed by atoms with Crippen LogP contribution in [0.2, 0.25) is 0 Å². The molecule has 0 spiro atoms. The van der Waals surface area contributed by atoms with Crippen molar-refractivity contribution >= 4 is 12.0 Å². The molecule has 5 nitrogen and oxygen atoms in total. The van der Waals surface area contributed by atoms with Crippen LogP contribution in [0.1, 0.15) is 18.1 Å². The van der Waals surface area contributed by atoms with E-state index in [-0.39, 0.29) is 18.8 Å². The average Bonchev–Trinajstić information content (AvgIpc) is 3.40. The number of carbonyl (C=O) groups is 2. The van der Waals surface area contributed by atoms with Gasteiger partial charge in [0.05, 0.1) is 18.6 Å². The Hall–Kier alpha value is -2.80. The lowest BCUT2D eigenvalue weighted by Crippen LogP contribution is -2.46. The van der Waals surface area contributed by atoms with Crippen molar-refractivity contribution in [3.8, 4) is 0 Å². The van der Waals surface area contributed by atoms with E-state index < -0.39 is 41.2 Å². The van der Waals surface area contributed by atoms with Gasteiger partial charge in [-0.05, 0) is 18.1 Å². The molecule has 0 bridgehead atoms. The van der Waals surface area contributed by atoms with Crippen molar-refractivity contribution in [3.63, 3.8) is 0 Å². The number of cyclic esters (lactones) is 1. The van der Waals surface area contributed by atoms with Gasteiger partial charge in [0.25, 0.3) is 0 Å². The normalized spacial score (nSPS) is 24.8. The van der Waals surface area contributed by atoms with Crippen LogP contribution in [0.25, 0.3) is 0 Å². The van der Waals surface area contributed by atoms with Crippen molar-refractivity contribution in [1.29, 1.82) is 0 Å². The summed E-state index contributed by atoms with van der Waals surface area (Å²) in [6.45, 7) is 1.81. The summed E-state index contributed by atoms with van der Waals surface area (Å²) >= 11 is 0. The fraction of sp³-hybridized carbons (Fsp3) is 0.333. The first-order chi connectivity index (χ1) is 13.4. The number of hydrogen-bond acceptors (Lipinski definition) is 4. The molecule has 0 radical (unpaired) electrons. The fourth-order valence-electron chi connectivity index (χ4n) is 3.72. The lowest BCUT2D eigenvalue weighted by atomic mass is 9.85. The molecule has 2 aliphatic heterocycles. The van der Waals surface area contributed by atoms with Crippen molar-refractivity contribution in [2.24, 2.45) is 5.92 Å². The van der Waals surface area contributed by atoms with Gasteiger partial charge in [-0.25, -0.2) is 18.5 Å². The molecule has 2 saturated heterocycles. The third-order valence-electron chi connectivity index (χ3n) is 5.42. The van der Waals surface area contributed by atoms with Gasteiger partial charge in [0.15, 0.2) is 0 Å². The fourth-order valence-corrected chi connectivity index (χ4v) is 3.72. The van der Waals surface area contributed by atoms with Gasteiger partial charge in [0, 0.05) is 11.6 Å². The summed E-state index contributed by atoms with van der Waals surface area (Å²) in [4.78, 5) is 26.5. The first kappa shape index (κ1) is 18.6. The number of carbonyl (C=O) groups excluding carboxylic acids is 2. The molecule has 28 heavy (non-hydrogen) atoms. The minimum absolute atomic E-state index is 0.102. The Kier molecular flexibility index (Phi) is 4.63. The minimum atomic E-state index is -1.20. The molecule has 2 fully saturated rings. The second-order valence-electron chi connectivity index (χ2n) is 7.15. The summed E-state index contributed by atoms with van der Waals surface area (Å²) in [5.74, 6) is -2.81. The molecule has 2 heterocycles. The zero-order valence-corrected chi connectivity index (χ0v) is 15.2. The number of halogens is 2. The molecule has 4 rings (SSSR count). The topological polar surface area (TPSA) is 59.1 Å². The Morgan fingerprint density at radius 1 is 1.25 bits per heavy atom. The lowest BCUT2D eigenvalue weighted by molar-refractivity contribution is -0.135. The maximum Gasteiger partial charge on any atom is 0.416 e. The SMILES string of the molecule is C[C@@H](C(=O)N1C(=O)OC[C@@H]1Cc1ccccc1)[C@]1(c2ccc(F)cc2F)CO1. The van der Waals surface area contributed by atoms with Crippen molar-refractivity contribution in [2.45, 2.75) is 25.0 Å². The largest absolute Gasteiger partial charge is 0.447 e. The highest BCUT2D eigenvalue weighted by molar-refractivity contribution is 5.95. The Morgan fingerprint density at radius 2 is 1.96 bits per heavy atom. The molecule has 7 heteroatoms. The Balaban J connectivity index is 1.57. The Labute approximate surface area is 160 Å². The molecule has 0 aromatic heterocycles. The average molecular weight is 387 g/mol. The number of benzene rings is 2. The zero-order chi connectivity index (χ0) is 19.9. The van der Waals surface area contributed by atoms with Crippen LogP contribution < -0.4 is 0 Å². The summed E-state index contributed by atoms with van der Waals surface area (Å²) < 4.78 is 38.1. The van der Waals surface area contributed by atoms with E-state index in [1.807, 2.05) is 30.3 Å². The number of hydrogen-bond donors (Lipinski definition) is 0. The van der Waals surface area contributed by atoms with Crippen LogP contribution in [-0.2, 0) is 26.3 Å². The molecule has 2 aromatic rings. The van der Waals surface area contributed by atoms with Crippen molar-refractivity contribution < 1.29 is 27.8 Å². The molecule has 146 valence electrons. The number of epoxide rings is 1. The van der Waals surface area contributed by atoms with Gasteiger partial charge >= 0.3 is 6.09 Å². The van der Waals surface area contributed by atoms with Crippen LogP contribution >= 0.6 is 0 Å². The van der Waals surface area contributed by atoms with E-state index in [0.29, 0.717) is 6.42 Å². The number of imide groups is 1. The second-order valence-corrected chi connectivity index (χ2v) is 7.15. The van der Waals surface area contributed by atoms with Gasteiger partial charge in [-0.3, -0.25) is 4.79 Å². The number of amides is 2. The van der Waals surface area contributed by atoms with Crippen molar-refractivity contribution in [3.05, 3.63) is 71.3 Å². The third-order valence-corrected chi connectivity index (χ3v) is 5.42.